The highest BCUT2D eigenvalue weighted by molar-refractivity contribution is 4.24. The van der Waals surface area contributed by atoms with Crippen molar-refractivity contribution in [2.45, 2.75) is 100 Å². The van der Waals surface area contributed by atoms with Gasteiger partial charge in [-0.25, -0.2) is 0 Å². The maximum Gasteiger partial charge on any atom is -0.0538 e. The van der Waals surface area contributed by atoms with Gasteiger partial charge >= 0.3 is 0 Å². The summed E-state index contributed by atoms with van der Waals surface area (Å²) in [5.41, 5.74) is 0. The van der Waals surface area contributed by atoms with E-state index in [-0.39, 0.29) is 0 Å². The monoisotopic (exact) mass is 218 g/mol. The molecule has 0 amide bonds. The first-order chi connectivity index (χ1) is 7.16. The predicted molar refractivity (Wildman–Crippen MR) is 77.7 cm³/mol. The van der Waals surface area contributed by atoms with Crippen LogP contribution in [-0.4, -0.2) is 0 Å². The van der Waals surface area contributed by atoms with Gasteiger partial charge in [0.1, 0.15) is 0 Å². The Kier molecular flexibility index (Phi) is 78.2. The second-order valence-electron chi connectivity index (χ2n) is 3.77. The van der Waals surface area contributed by atoms with E-state index in [1.54, 1.807) is 0 Å². The highest BCUT2D eigenvalue weighted by atomic mass is 13.7. The molecule has 0 aromatic heterocycles. The lowest BCUT2D eigenvalue weighted by molar-refractivity contribution is 0.772. The average molecular weight is 218 g/mol. The van der Waals surface area contributed by atoms with Crippen molar-refractivity contribution in [2.75, 3.05) is 0 Å². The van der Waals surface area contributed by atoms with Gasteiger partial charge in [0.25, 0.3) is 0 Å². The summed E-state index contributed by atoms with van der Waals surface area (Å²) < 4.78 is 0. The Morgan fingerprint density at radius 1 is 0.400 bits per heavy atom. The highest BCUT2D eigenvalue weighted by Gasteiger charge is 1.68. The molecule has 15 heavy (non-hydrogen) atoms. The summed E-state index contributed by atoms with van der Waals surface area (Å²) in [6, 6.07) is 0. The third-order valence-corrected chi connectivity index (χ3v) is 1.21. The van der Waals surface area contributed by atoms with Gasteiger partial charge in [-0.05, 0) is 0 Å². The lowest BCUT2D eigenvalue weighted by atomic mass is 10.3. The standard InChI is InChI=1S/C5H12.C4H10.2C3H8/c1-3-5-4-2;1-3-4-2;2*1-3-2/h3-5H2,1-2H3;3-4H2,1-2H3;2*3H2,1-2H3. The SMILES string of the molecule is CCC.CCC.CCCC.CCCCC. The van der Waals surface area contributed by atoms with Crippen LogP contribution in [0.1, 0.15) is 100 Å². The van der Waals surface area contributed by atoms with E-state index in [1.165, 1.54) is 44.9 Å². The molecule has 0 aliphatic heterocycles. The van der Waals surface area contributed by atoms with E-state index in [9.17, 15) is 0 Å². The fraction of sp³-hybridized carbons (Fsp3) is 1.00. The molecule has 0 rings (SSSR count). The first kappa shape index (κ1) is 24.3. The maximum absolute atomic E-state index is 2.21. The van der Waals surface area contributed by atoms with E-state index in [0.717, 1.165) is 0 Å². The van der Waals surface area contributed by atoms with Crippen molar-refractivity contribution in [2.24, 2.45) is 0 Å². The molecule has 0 nitrogen and oxygen atoms in total. The van der Waals surface area contributed by atoms with Gasteiger partial charge < -0.3 is 0 Å². The molecule has 0 atom stereocenters. The van der Waals surface area contributed by atoms with Crippen molar-refractivity contribution in [3.63, 3.8) is 0 Å². The molecule has 0 unspecified atom stereocenters. The van der Waals surface area contributed by atoms with Gasteiger partial charge in [0.15, 0.2) is 0 Å². The van der Waals surface area contributed by atoms with Crippen LogP contribution in [0, 0.1) is 0 Å². The van der Waals surface area contributed by atoms with E-state index < -0.39 is 0 Å². The van der Waals surface area contributed by atoms with E-state index in [0.29, 0.717) is 0 Å². The van der Waals surface area contributed by atoms with Crippen molar-refractivity contribution < 1.29 is 0 Å². The quantitative estimate of drug-likeness (QED) is 0.486. The lowest BCUT2D eigenvalue weighted by Crippen LogP contribution is -1.59. The Labute approximate surface area is 101 Å². The molecule has 0 N–H and O–H groups in total. The Hall–Kier alpha value is 0. The van der Waals surface area contributed by atoms with Gasteiger partial charge in [0.2, 0.25) is 0 Å². The van der Waals surface area contributed by atoms with Crippen LogP contribution in [0.25, 0.3) is 0 Å². The minimum atomic E-state index is 1.25. The van der Waals surface area contributed by atoms with Crippen molar-refractivity contribution in [3.8, 4) is 0 Å². The van der Waals surface area contributed by atoms with Crippen LogP contribution in [-0.2, 0) is 0 Å². The molecule has 0 heteroatoms. The van der Waals surface area contributed by atoms with E-state index in [2.05, 4.69) is 55.4 Å². The van der Waals surface area contributed by atoms with Crippen LogP contribution in [0.5, 0.6) is 0 Å². The Morgan fingerprint density at radius 2 is 0.600 bits per heavy atom. The van der Waals surface area contributed by atoms with Crippen LogP contribution < -0.4 is 0 Å². The highest BCUT2D eigenvalue weighted by Crippen LogP contribution is 1.88. The van der Waals surface area contributed by atoms with Crippen molar-refractivity contribution >= 4 is 0 Å². The minimum absolute atomic E-state index is 1.25. The van der Waals surface area contributed by atoms with Crippen LogP contribution in [0.2, 0.25) is 0 Å². The molecule has 0 heterocycles. The zero-order chi connectivity index (χ0) is 12.9. The number of hydrogen-bond acceptors (Lipinski definition) is 0. The van der Waals surface area contributed by atoms with Gasteiger partial charge in [-0.2, -0.15) is 0 Å². The molecule has 0 aliphatic rings. The molecular formula is C15H38. The van der Waals surface area contributed by atoms with Gasteiger partial charge in [0, 0.05) is 0 Å². The Bertz CT molecular complexity index is 33.3. The molecule has 0 aliphatic carbocycles. The summed E-state index contributed by atoms with van der Waals surface area (Å²) in [5, 5.41) is 0. The average Bonchev–Trinajstić information content (AvgIpc) is 2.22. The summed E-state index contributed by atoms with van der Waals surface area (Å²) in [4.78, 5) is 0. The lowest BCUT2D eigenvalue weighted by Gasteiger charge is -1.79. The summed E-state index contributed by atoms with van der Waals surface area (Å²) in [5.74, 6) is 0. The summed E-state index contributed by atoms with van der Waals surface area (Å²) in [6.07, 6.45) is 9.22. The van der Waals surface area contributed by atoms with Gasteiger partial charge in [-0.3, -0.25) is 0 Å². The first-order valence-corrected chi connectivity index (χ1v) is 7.16. The molecule has 98 valence electrons. The van der Waals surface area contributed by atoms with E-state index in [4.69, 9.17) is 0 Å². The van der Waals surface area contributed by atoms with Crippen molar-refractivity contribution in [1.82, 2.24) is 0 Å². The Morgan fingerprint density at radius 3 is 0.600 bits per heavy atom. The first-order valence-electron chi connectivity index (χ1n) is 7.16. The van der Waals surface area contributed by atoms with Crippen LogP contribution in [0.15, 0.2) is 0 Å². The van der Waals surface area contributed by atoms with Crippen molar-refractivity contribution in [1.29, 1.82) is 0 Å². The van der Waals surface area contributed by atoms with Gasteiger partial charge in [-0.1, -0.05) is 100 Å². The number of hydrogen-bond donors (Lipinski definition) is 0. The molecule has 0 spiro atoms. The molecule has 0 saturated heterocycles. The second kappa shape index (κ2) is 48.3. The second-order valence-corrected chi connectivity index (χ2v) is 3.77. The smallest absolute Gasteiger partial charge is 0.0538 e. The van der Waals surface area contributed by atoms with Crippen molar-refractivity contribution in [3.05, 3.63) is 0 Å². The summed E-state index contributed by atoms with van der Waals surface area (Å²) in [6.45, 7) is 17.3. The van der Waals surface area contributed by atoms with Crippen LogP contribution in [0.4, 0.5) is 0 Å². The zero-order valence-corrected chi connectivity index (χ0v) is 12.9. The topological polar surface area (TPSA) is 0 Å². The number of rotatable bonds is 3. The maximum atomic E-state index is 2.21. The summed E-state index contributed by atoms with van der Waals surface area (Å²) >= 11 is 0. The fourth-order valence-electron chi connectivity index (χ4n) is 0.354. The van der Waals surface area contributed by atoms with E-state index >= 15 is 0 Å². The van der Waals surface area contributed by atoms with Crippen LogP contribution in [0.3, 0.4) is 0 Å². The normalized spacial score (nSPS) is 7.20. The third-order valence-electron chi connectivity index (χ3n) is 1.21. The molecule has 0 radical (unpaired) electrons. The Balaban J connectivity index is -0.0000000553. The minimum Gasteiger partial charge on any atom is -0.0656 e. The largest absolute Gasteiger partial charge is 0.0656 e. The fourth-order valence-corrected chi connectivity index (χ4v) is 0.354. The molecule has 0 saturated carbocycles. The molecule has 0 aromatic carbocycles. The van der Waals surface area contributed by atoms with Gasteiger partial charge in [0.05, 0.1) is 0 Å². The molecule has 0 aromatic rings. The molecule has 0 fully saturated rings. The molecule has 0 bridgehead atoms. The third kappa shape index (κ3) is 224. The number of unbranched alkanes of at least 4 members (excludes halogenated alkanes) is 3. The summed E-state index contributed by atoms with van der Waals surface area (Å²) in [7, 11) is 0. The molecular weight excluding hydrogens is 180 g/mol. The van der Waals surface area contributed by atoms with E-state index in [1.807, 2.05) is 0 Å². The predicted octanol–water partition coefficient (Wildman–Crippen LogP) is 6.84. The van der Waals surface area contributed by atoms with Crippen LogP contribution >= 0.6 is 0 Å². The zero-order valence-electron chi connectivity index (χ0n) is 12.9. The van der Waals surface area contributed by atoms with Gasteiger partial charge in [-0.15, -0.1) is 0 Å².